The molecule has 108 valence electrons. The van der Waals surface area contributed by atoms with Crippen LogP contribution in [0.4, 0.5) is 5.69 Å². The summed E-state index contributed by atoms with van der Waals surface area (Å²) in [4.78, 5) is 0. The van der Waals surface area contributed by atoms with Crippen molar-refractivity contribution in [2.24, 2.45) is 0 Å². The van der Waals surface area contributed by atoms with Crippen molar-refractivity contribution in [3.8, 4) is 0 Å². The second-order valence-electron chi connectivity index (χ2n) is 5.21. The molecule has 2 aromatic heterocycles. The van der Waals surface area contributed by atoms with E-state index >= 15 is 0 Å². The maximum absolute atomic E-state index is 6.10. The van der Waals surface area contributed by atoms with Gasteiger partial charge in [0, 0.05) is 23.2 Å². The van der Waals surface area contributed by atoms with Gasteiger partial charge in [0.1, 0.15) is 0 Å². The third-order valence-electron chi connectivity index (χ3n) is 3.74. The van der Waals surface area contributed by atoms with Gasteiger partial charge in [-0.25, -0.2) is 4.52 Å². The molecule has 0 saturated heterocycles. The van der Waals surface area contributed by atoms with Gasteiger partial charge in [-0.2, -0.15) is 5.10 Å². The van der Waals surface area contributed by atoms with E-state index in [9.17, 15) is 0 Å². The van der Waals surface area contributed by atoms with Crippen LogP contribution in [0.5, 0.6) is 0 Å². The molecule has 2 aromatic carbocycles. The maximum atomic E-state index is 6.10. The number of rotatable bonds is 3. The van der Waals surface area contributed by atoms with Crippen LogP contribution in [0, 0.1) is 0 Å². The van der Waals surface area contributed by atoms with Gasteiger partial charge in [-0.05, 0) is 35.9 Å². The van der Waals surface area contributed by atoms with Crippen molar-refractivity contribution in [2.45, 2.75) is 6.54 Å². The summed E-state index contributed by atoms with van der Waals surface area (Å²) in [5.74, 6) is 0. The highest BCUT2D eigenvalue weighted by atomic mass is 35.5. The lowest BCUT2D eigenvalue weighted by molar-refractivity contribution is 0.972. The molecule has 4 aromatic rings. The highest BCUT2D eigenvalue weighted by Crippen LogP contribution is 2.29. The fourth-order valence-corrected chi connectivity index (χ4v) is 2.85. The van der Waals surface area contributed by atoms with Crippen molar-refractivity contribution in [1.29, 1.82) is 0 Å². The standard InChI is InChI=1S/C18H14ClN3/c19-14-8-9-15-16(11-14)21-22-10-4-7-17(22)18(15)20-12-13-5-2-1-3-6-13/h1-11,20H,12H2. The minimum atomic E-state index is 0.695. The van der Waals surface area contributed by atoms with Crippen LogP contribution in [-0.2, 0) is 6.54 Å². The molecule has 3 nitrogen and oxygen atoms in total. The highest BCUT2D eigenvalue weighted by Gasteiger charge is 2.09. The number of benzene rings is 2. The van der Waals surface area contributed by atoms with E-state index in [1.165, 1.54) is 5.56 Å². The van der Waals surface area contributed by atoms with E-state index in [2.05, 4.69) is 28.6 Å². The van der Waals surface area contributed by atoms with Crippen molar-refractivity contribution in [3.63, 3.8) is 0 Å². The van der Waals surface area contributed by atoms with Gasteiger partial charge in [-0.1, -0.05) is 41.9 Å². The first-order valence-corrected chi connectivity index (χ1v) is 7.53. The molecule has 4 rings (SSSR count). The molecule has 0 aliphatic carbocycles. The number of hydrogen-bond donors (Lipinski definition) is 1. The third-order valence-corrected chi connectivity index (χ3v) is 3.98. The Morgan fingerprint density at radius 2 is 1.86 bits per heavy atom. The zero-order chi connectivity index (χ0) is 14.9. The lowest BCUT2D eigenvalue weighted by Crippen LogP contribution is -2.03. The van der Waals surface area contributed by atoms with Crippen molar-refractivity contribution in [2.75, 3.05) is 5.32 Å². The molecular weight excluding hydrogens is 294 g/mol. The second-order valence-corrected chi connectivity index (χ2v) is 5.65. The van der Waals surface area contributed by atoms with Crippen molar-refractivity contribution >= 4 is 33.7 Å². The lowest BCUT2D eigenvalue weighted by atomic mass is 10.1. The molecule has 0 amide bonds. The maximum Gasteiger partial charge on any atom is 0.0948 e. The van der Waals surface area contributed by atoms with Gasteiger partial charge >= 0.3 is 0 Å². The monoisotopic (exact) mass is 307 g/mol. The molecule has 0 bridgehead atoms. The largest absolute Gasteiger partial charge is 0.379 e. The van der Waals surface area contributed by atoms with Gasteiger partial charge in [0.2, 0.25) is 0 Å². The summed E-state index contributed by atoms with van der Waals surface area (Å²) in [5.41, 5.74) is 4.26. The van der Waals surface area contributed by atoms with Crippen LogP contribution in [0.15, 0.2) is 66.9 Å². The van der Waals surface area contributed by atoms with Crippen LogP contribution in [0.25, 0.3) is 16.4 Å². The minimum Gasteiger partial charge on any atom is -0.379 e. The Hall–Kier alpha value is -2.52. The summed E-state index contributed by atoms with van der Waals surface area (Å²) in [7, 11) is 0. The molecule has 0 fully saturated rings. The Kier molecular flexibility index (Phi) is 3.20. The molecule has 2 heterocycles. The van der Waals surface area contributed by atoms with E-state index < -0.39 is 0 Å². The average Bonchev–Trinajstić information content (AvgIpc) is 3.00. The van der Waals surface area contributed by atoms with Gasteiger partial charge < -0.3 is 5.32 Å². The Bertz CT molecular complexity index is 945. The fraction of sp³-hybridized carbons (Fsp3) is 0.0556. The number of fused-ring (bicyclic) bond motifs is 2. The Labute approximate surface area is 133 Å². The third kappa shape index (κ3) is 2.30. The van der Waals surface area contributed by atoms with Crippen LogP contribution >= 0.6 is 11.6 Å². The Morgan fingerprint density at radius 1 is 1.00 bits per heavy atom. The molecule has 0 unspecified atom stereocenters. The predicted molar refractivity (Wildman–Crippen MR) is 91.5 cm³/mol. The van der Waals surface area contributed by atoms with Crippen LogP contribution < -0.4 is 5.32 Å². The average molecular weight is 308 g/mol. The molecule has 22 heavy (non-hydrogen) atoms. The Morgan fingerprint density at radius 3 is 2.73 bits per heavy atom. The smallest absolute Gasteiger partial charge is 0.0948 e. The Balaban J connectivity index is 1.84. The first-order valence-electron chi connectivity index (χ1n) is 7.16. The van der Waals surface area contributed by atoms with Gasteiger partial charge in [0.15, 0.2) is 0 Å². The first kappa shape index (κ1) is 13.2. The topological polar surface area (TPSA) is 29.3 Å². The molecule has 0 aliphatic rings. The molecule has 4 heteroatoms. The fourth-order valence-electron chi connectivity index (χ4n) is 2.68. The van der Waals surface area contributed by atoms with E-state index in [0.29, 0.717) is 5.02 Å². The van der Waals surface area contributed by atoms with E-state index in [4.69, 9.17) is 11.6 Å². The molecule has 0 radical (unpaired) electrons. The number of halogens is 1. The molecular formula is C18H14ClN3. The zero-order valence-corrected chi connectivity index (χ0v) is 12.6. The zero-order valence-electron chi connectivity index (χ0n) is 11.8. The van der Waals surface area contributed by atoms with Crippen molar-refractivity contribution in [3.05, 3.63) is 77.4 Å². The van der Waals surface area contributed by atoms with Crippen molar-refractivity contribution in [1.82, 2.24) is 9.61 Å². The minimum absolute atomic E-state index is 0.695. The van der Waals surface area contributed by atoms with Crippen LogP contribution in [0.1, 0.15) is 5.56 Å². The van der Waals surface area contributed by atoms with E-state index in [-0.39, 0.29) is 0 Å². The SMILES string of the molecule is Clc1ccc2c(NCc3ccccc3)c3cccn3nc2c1. The van der Waals surface area contributed by atoms with Gasteiger partial charge in [0.05, 0.1) is 16.7 Å². The summed E-state index contributed by atoms with van der Waals surface area (Å²) in [5, 5.41) is 9.93. The summed E-state index contributed by atoms with van der Waals surface area (Å²) in [6.07, 6.45) is 1.95. The van der Waals surface area contributed by atoms with Gasteiger partial charge in [-0.3, -0.25) is 0 Å². The van der Waals surface area contributed by atoms with Crippen LogP contribution in [-0.4, -0.2) is 9.61 Å². The summed E-state index contributed by atoms with van der Waals surface area (Å²) < 4.78 is 1.88. The van der Waals surface area contributed by atoms with E-state index in [1.54, 1.807) is 0 Å². The second kappa shape index (κ2) is 5.35. The van der Waals surface area contributed by atoms with Crippen LogP contribution in [0.3, 0.4) is 0 Å². The summed E-state index contributed by atoms with van der Waals surface area (Å²) in [6.45, 7) is 0.767. The molecule has 0 spiro atoms. The number of anilines is 1. The summed E-state index contributed by atoms with van der Waals surface area (Å²) >= 11 is 6.10. The first-order chi connectivity index (χ1) is 10.8. The van der Waals surface area contributed by atoms with E-state index in [0.717, 1.165) is 28.7 Å². The normalized spacial score (nSPS) is 11.1. The van der Waals surface area contributed by atoms with Gasteiger partial charge in [-0.15, -0.1) is 0 Å². The van der Waals surface area contributed by atoms with E-state index in [1.807, 2.05) is 53.2 Å². The highest BCUT2D eigenvalue weighted by molar-refractivity contribution is 6.31. The lowest BCUT2D eigenvalue weighted by Gasteiger charge is -2.12. The number of aromatic nitrogens is 2. The van der Waals surface area contributed by atoms with Gasteiger partial charge in [0.25, 0.3) is 0 Å². The summed E-state index contributed by atoms with van der Waals surface area (Å²) in [6, 6.07) is 20.2. The quantitative estimate of drug-likeness (QED) is 0.591. The van der Waals surface area contributed by atoms with Crippen molar-refractivity contribution < 1.29 is 0 Å². The molecule has 0 atom stereocenters. The predicted octanol–water partition coefficient (Wildman–Crippen LogP) is 4.75. The molecule has 1 N–H and O–H groups in total. The molecule has 0 saturated carbocycles. The molecule has 0 aliphatic heterocycles. The number of nitrogens with one attached hydrogen (secondary N) is 1. The van der Waals surface area contributed by atoms with Crippen LogP contribution in [0.2, 0.25) is 5.02 Å². The number of nitrogens with zero attached hydrogens (tertiary/aromatic N) is 2. The number of hydrogen-bond acceptors (Lipinski definition) is 2.